The number of carbonyl (C=O) groups excluding carboxylic acids is 3. The van der Waals surface area contributed by atoms with Gasteiger partial charge in [0, 0.05) is 18.5 Å². The third kappa shape index (κ3) is 9.61. The minimum absolute atomic E-state index is 0.0641. The standard InChI is InChI=1S/C31H45N3O5/c1-9-12-22(5)32-28(36)27(25-14-11-10-13-21(25)4)34(20(2)3)29(37)26(33-30(38)39-31(6,7)8)19-23-15-17-24(35)18-16-23/h10-11,13-18,20,22,26-27,35H,9,12,19H2,1-8H3,(H,32,36)(H,33,38). The molecule has 0 aliphatic heterocycles. The lowest BCUT2D eigenvalue weighted by atomic mass is 9.95. The van der Waals surface area contributed by atoms with E-state index in [9.17, 15) is 19.5 Å². The third-order valence-electron chi connectivity index (χ3n) is 6.30. The van der Waals surface area contributed by atoms with E-state index >= 15 is 0 Å². The van der Waals surface area contributed by atoms with Crippen LogP contribution in [0, 0.1) is 6.92 Å². The van der Waals surface area contributed by atoms with Crippen LogP contribution in [0.15, 0.2) is 48.5 Å². The van der Waals surface area contributed by atoms with Crippen molar-refractivity contribution in [2.75, 3.05) is 0 Å². The molecule has 0 aliphatic carbocycles. The van der Waals surface area contributed by atoms with Gasteiger partial charge in [-0.1, -0.05) is 49.7 Å². The summed E-state index contributed by atoms with van der Waals surface area (Å²) < 4.78 is 5.47. The van der Waals surface area contributed by atoms with Gasteiger partial charge in [-0.15, -0.1) is 0 Å². The predicted octanol–water partition coefficient (Wildman–Crippen LogP) is 5.42. The lowest BCUT2D eigenvalue weighted by Crippen LogP contribution is -2.56. The molecule has 3 atom stereocenters. The van der Waals surface area contributed by atoms with Crippen molar-refractivity contribution >= 4 is 17.9 Å². The summed E-state index contributed by atoms with van der Waals surface area (Å²) in [7, 11) is 0. The first kappa shape index (κ1) is 31.7. The number of phenolic OH excluding ortho intramolecular Hbond substituents is 1. The average molecular weight is 540 g/mol. The average Bonchev–Trinajstić information content (AvgIpc) is 2.82. The number of alkyl carbamates (subject to hydrolysis) is 1. The highest BCUT2D eigenvalue weighted by Gasteiger charge is 2.38. The molecule has 3 amide bonds. The topological polar surface area (TPSA) is 108 Å². The van der Waals surface area contributed by atoms with Gasteiger partial charge in [0.05, 0.1) is 0 Å². The summed E-state index contributed by atoms with van der Waals surface area (Å²) in [6.45, 7) is 14.9. The Bertz CT molecular complexity index is 1110. The van der Waals surface area contributed by atoms with Crippen LogP contribution in [0.4, 0.5) is 4.79 Å². The van der Waals surface area contributed by atoms with Gasteiger partial charge in [0.1, 0.15) is 23.4 Å². The third-order valence-corrected chi connectivity index (χ3v) is 6.30. The van der Waals surface area contributed by atoms with E-state index in [1.807, 2.05) is 52.0 Å². The van der Waals surface area contributed by atoms with Crippen LogP contribution in [0.2, 0.25) is 0 Å². The molecule has 2 rings (SSSR count). The van der Waals surface area contributed by atoms with Crippen LogP contribution < -0.4 is 10.6 Å². The van der Waals surface area contributed by atoms with Crippen molar-refractivity contribution in [3.63, 3.8) is 0 Å². The smallest absolute Gasteiger partial charge is 0.408 e. The van der Waals surface area contributed by atoms with Crippen LogP contribution in [0.5, 0.6) is 5.75 Å². The van der Waals surface area contributed by atoms with E-state index in [4.69, 9.17) is 4.74 Å². The van der Waals surface area contributed by atoms with Gasteiger partial charge in [0.25, 0.3) is 0 Å². The molecule has 39 heavy (non-hydrogen) atoms. The lowest BCUT2D eigenvalue weighted by molar-refractivity contribution is -0.144. The molecule has 0 saturated carbocycles. The lowest BCUT2D eigenvalue weighted by Gasteiger charge is -2.38. The van der Waals surface area contributed by atoms with E-state index < -0.39 is 29.7 Å². The van der Waals surface area contributed by atoms with Crippen molar-refractivity contribution < 1.29 is 24.2 Å². The maximum atomic E-state index is 14.3. The van der Waals surface area contributed by atoms with E-state index in [1.54, 1.807) is 37.8 Å². The summed E-state index contributed by atoms with van der Waals surface area (Å²) in [6.07, 6.45) is 1.15. The van der Waals surface area contributed by atoms with Crippen molar-refractivity contribution in [1.29, 1.82) is 0 Å². The fraction of sp³-hybridized carbons (Fsp3) is 0.516. The normalized spacial score (nSPS) is 13.8. The molecular formula is C31H45N3O5. The zero-order chi connectivity index (χ0) is 29.3. The van der Waals surface area contributed by atoms with Gasteiger partial charge in [-0.25, -0.2) is 4.79 Å². The molecule has 0 aromatic heterocycles. The SMILES string of the molecule is CCCC(C)NC(=O)C(c1ccccc1C)N(C(=O)C(Cc1ccc(O)cc1)NC(=O)OC(C)(C)C)C(C)C. The van der Waals surface area contributed by atoms with E-state index in [0.717, 1.165) is 29.5 Å². The molecule has 2 aromatic rings. The number of nitrogens with one attached hydrogen (secondary N) is 2. The molecule has 8 heteroatoms. The van der Waals surface area contributed by atoms with E-state index in [2.05, 4.69) is 17.6 Å². The van der Waals surface area contributed by atoms with Crippen LogP contribution in [-0.2, 0) is 20.7 Å². The minimum atomic E-state index is -1.01. The molecule has 0 bridgehead atoms. The van der Waals surface area contributed by atoms with E-state index in [0.29, 0.717) is 0 Å². The Balaban J connectivity index is 2.55. The number of carbonyl (C=O) groups is 3. The van der Waals surface area contributed by atoms with Crippen molar-refractivity contribution in [2.24, 2.45) is 0 Å². The molecule has 2 aromatic carbocycles. The number of amides is 3. The van der Waals surface area contributed by atoms with Gasteiger partial charge < -0.3 is 25.4 Å². The van der Waals surface area contributed by atoms with Crippen molar-refractivity contribution in [1.82, 2.24) is 15.5 Å². The van der Waals surface area contributed by atoms with Crippen LogP contribution >= 0.6 is 0 Å². The largest absolute Gasteiger partial charge is 0.508 e. The highest BCUT2D eigenvalue weighted by molar-refractivity contribution is 5.92. The van der Waals surface area contributed by atoms with Crippen molar-refractivity contribution in [3.05, 3.63) is 65.2 Å². The van der Waals surface area contributed by atoms with Crippen molar-refractivity contribution in [3.8, 4) is 5.75 Å². The molecule has 3 unspecified atom stereocenters. The number of hydrogen-bond acceptors (Lipinski definition) is 5. The van der Waals surface area contributed by atoms with E-state index in [-0.39, 0.29) is 30.2 Å². The Kier molecular flexibility index (Phi) is 11.4. The number of hydrogen-bond donors (Lipinski definition) is 3. The number of rotatable bonds is 11. The number of ether oxygens (including phenoxy) is 1. The summed E-state index contributed by atoms with van der Waals surface area (Å²) in [4.78, 5) is 42.5. The van der Waals surface area contributed by atoms with Gasteiger partial charge in [0.15, 0.2) is 0 Å². The molecule has 0 saturated heterocycles. The number of aromatic hydroxyl groups is 1. The molecule has 0 spiro atoms. The van der Waals surface area contributed by atoms with Crippen molar-refractivity contribution in [2.45, 2.75) is 104 Å². The first-order valence-corrected chi connectivity index (χ1v) is 13.7. The summed E-state index contributed by atoms with van der Waals surface area (Å²) >= 11 is 0. The Labute approximate surface area is 233 Å². The zero-order valence-electron chi connectivity index (χ0n) is 24.6. The molecule has 3 N–H and O–H groups in total. The molecular weight excluding hydrogens is 494 g/mol. The quantitative estimate of drug-likeness (QED) is 0.353. The van der Waals surface area contributed by atoms with Gasteiger partial charge in [-0.3, -0.25) is 9.59 Å². The first-order valence-electron chi connectivity index (χ1n) is 13.7. The second-order valence-electron chi connectivity index (χ2n) is 11.4. The molecule has 0 radical (unpaired) electrons. The van der Waals surface area contributed by atoms with Gasteiger partial charge in [-0.05, 0) is 83.7 Å². The zero-order valence-corrected chi connectivity index (χ0v) is 24.6. The Morgan fingerprint density at radius 1 is 0.974 bits per heavy atom. The fourth-order valence-corrected chi connectivity index (χ4v) is 4.52. The maximum Gasteiger partial charge on any atom is 0.408 e. The maximum absolute atomic E-state index is 14.3. The molecule has 0 fully saturated rings. The number of nitrogens with zero attached hydrogens (tertiary/aromatic N) is 1. The first-order chi connectivity index (χ1) is 18.2. The number of phenols is 1. The monoisotopic (exact) mass is 539 g/mol. The van der Waals surface area contributed by atoms with E-state index in [1.165, 1.54) is 12.1 Å². The van der Waals surface area contributed by atoms with Gasteiger partial charge in [0.2, 0.25) is 11.8 Å². The molecule has 214 valence electrons. The molecule has 0 heterocycles. The summed E-state index contributed by atoms with van der Waals surface area (Å²) in [6, 6.07) is 11.6. The summed E-state index contributed by atoms with van der Waals surface area (Å²) in [5.74, 6) is -0.577. The minimum Gasteiger partial charge on any atom is -0.508 e. The fourth-order valence-electron chi connectivity index (χ4n) is 4.52. The van der Waals surface area contributed by atoms with Crippen LogP contribution in [-0.4, -0.2) is 51.6 Å². The Morgan fingerprint density at radius 3 is 2.13 bits per heavy atom. The second kappa shape index (κ2) is 14.0. The number of aryl methyl sites for hydroxylation is 1. The van der Waals surface area contributed by atoms with Crippen LogP contribution in [0.1, 0.15) is 84.0 Å². The summed E-state index contributed by atoms with van der Waals surface area (Å²) in [5, 5.41) is 15.6. The second-order valence-corrected chi connectivity index (χ2v) is 11.4. The van der Waals surface area contributed by atoms with Crippen LogP contribution in [0.3, 0.4) is 0 Å². The highest BCUT2D eigenvalue weighted by Crippen LogP contribution is 2.28. The highest BCUT2D eigenvalue weighted by atomic mass is 16.6. The van der Waals surface area contributed by atoms with Gasteiger partial charge in [-0.2, -0.15) is 0 Å². The molecule has 8 nitrogen and oxygen atoms in total. The molecule has 0 aliphatic rings. The number of benzene rings is 2. The summed E-state index contributed by atoms with van der Waals surface area (Å²) in [5.41, 5.74) is 1.59. The van der Waals surface area contributed by atoms with Crippen LogP contribution in [0.25, 0.3) is 0 Å². The predicted molar refractivity (Wildman–Crippen MR) is 153 cm³/mol. The Morgan fingerprint density at radius 2 is 1.59 bits per heavy atom. The Hall–Kier alpha value is -3.55. The van der Waals surface area contributed by atoms with Gasteiger partial charge >= 0.3 is 6.09 Å².